The summed E-state index contributed by atoms with van der Waals surface area (Å²) in [6.45, 7) is 4.60. The van der Waals surface area contributed by atoms with E-state index >= 15 is 0 Å². The molecule has 0 spiro atoms. The molecule has 0 radical (unpaired) electrons. The van der Waals surface area contributed by atoms with Gasteiger partial charge < -0.3 is 15.0 Å². The van der Waals surface area contributed by atoms with Crippen LogP contribution in [0.5, 0.6) is 0 Å². The maximum atomic E-state index is 12.4. The summed E-state index contributed by atoms with van der Waals surface area (Å²) in [6, 6.07) is 13.6. The van der Waals surface area contributed by atoms with Gasteiger partial charge in [-0.1, -0.05) is 30.3 Å². The third kappa shape index (κ3) is 5.37. The van der Waals surface area contributed by atoms with Crippen LogP contribution in [0.15, 0.2) is 48.7 Å². The molecule has 1 saturated heterocycles. The van der Waals surface area contributed by atoms with Gasteiger partial charge in [-0.25, -0.2) is 0 Å². The van der Waals surface area contributed by atoms with E-state index in [-0.39, 0.29) is 24.2 Å². The van der Waals surface area contributed by atoms with Crippen LogP contribution in [0.25, 0.3) is 0 Å². The summed E-state index contributed by atoms with van der Waals surface area (Å²) in [6.07, 6.45) is 1.96. The van der Waals surface area contributed by atoms with Gasteiger partial charge in [-0.15, -0.1) is 0 Å². The van der Waals surface area contributed by atoms with E-state index in [9.17, 15) is 9.59 Å². The Kier molecular flexibility index (Phi) is 6.54. The van der Waals surface area contributed by atoms with Gasteiger partial charge in [0.25, 0.3) is 0 Å². The highest BCUT2D eigenvalue weighted by molar-refractivity contribution is 5.89. The number of likely N-dealkylation sites (tertiary alicyclic amines) is 1. The third-order valence-corrected chi connectivity index (χ3v) is 4.63. The summed E-state index contributed by atoms with van der Waals surface area (Å²) in [5.41, 5.74) is 2.97. The minimum absolute atomic E-state index is 0.00100. The number of pyridine rings is 1. The first-order chi connectivity index (χ1) is 13.2. The van der Waals surface area contributed by atoms with Crippen LogP contribution in [-0.2, 0) is 34.0 Å². The average molecular weight is 367 g/mol. The van der Waals surface area contributed by atoms with Crippen molar-refractivity contribution >= 4 is 11.8 Å². The lowest BCUT2D eigenvalue weighted by Crippen LogP contribution is -2.32. The quantitative estimate of drug-likeness (QED) is 0.777. The smallest absolute Gasteiger partial charge is 0.225 e. The summed E-state index contributed by atoms with van der Waals surface area (Å²) in [5, 5.41) is 2.94. The minimum atomic E-state index is -0.307. The van der Waals surface area contributed by atoms with Crippen molar-refractivity contribution in [3.63, 3.8) is 0 Å². The molecule has 1 unspecified atom stereocenters. The fourth-order valence-electron chi connectivity index (χ4n) is 3.09. The highest BCUT2D eigenvalue weighted by atomic mass is 16.5. The molecule has 27 heavy (non-hydrogen) atoms. The van der Waals surface area contributed by atoms with Gasteiger partial charge in [-0.2, -0.15) is 0 Å². The van der Waals surface area contributed by atoms with E-state index in [1.807, 2.05) is 49.4 Å². The Labute approximate surface area is 159 Å². The second kappa shape index (κ2) is 9.28. The van der Waals surface area contributed by atoms with Gasteiger partial charge in [0.15, 0.2) is 0 Å². The molecule has 1 aromatic heterocycles. The summed E-state index contributed by atoms with van der Waals surface area (Å²) in [5.74, 6) is -0.384. The van der Waals surface area contributed by atoms with Gasteiger partial charge >= 0.3 is 0 Å². The standard InChI is InChI=1S/C21H25N3O3/c1-2-27-15-17-8-6-16(7-9-17)12-23-21(26)18-11-20(25)24(13-18)14-19-5-3-4-10-22-19/h3-10,18H,2,11-15H2,1H3,(H,23,26). The lowest BCUT2D eigenvalue weighted by Gasteiger charge is -2.16. The molecule has 2 heterocycles. The van der Waals surface area contributed by atoms with Crippen LogP contribution >= 0.6 is 0 Å². The van der Waals surface area contributed by atoms with Gasteiger partial charge in [0.05, 0.1) is 24.8 Å². The maximum absolute atomic E-state index is 12.4. The lowest BCUT2D eigenvalue weighted by molar-refractivity contribution is -0.129. The zero-order valence-corrected chi connectivity index (χ0v) is 15.6. The highest BCUT2D eigenvalue weighted by Gasteiger charge is 2.34. The first-order valence-corrected chi connectivity index (χ1v) is 9.26. The van der Waals surface area contributed by atoms with E-state index in [0.29, 0.717) is 32.8 Å². The van der Waals surface area contributed by atoms with Crippen LogP contribution in [0.2, 0.25) is 0 Å². The monoisotopic (exact) mass is 367 g/mol. The second-order valence-electron chi connectivity index (χ2n) is 6.67. The first kappa shape index (κ1) is 19.0. The fraction of sp³-hybridized carbons (Fsp3) is 0.381. The Hall–Kier alpha value is -2.73. The van der Waals surface area contributed by atoms with E-state index in [1.54, 1.807) is 11.1 Å². The summed E-state index contributed by atoms with van der Waals surface area (Å²) < 4.78 is 5.38. The van der Waals surface area contributed by atoms with Crippen molar-refractivity contribution in [3.8, 4) is 0 Å². The number of hydrogen-bond donors (Lipinski definition) is 1. The molecule has 142 valence electrons. The molecular formula is C21H25N3O3. The molecule has 3 rings (SSSR count). The molecule has 1 fully saturated rings. The van der Waals surface area contributed by atoms with E-state index in [0.717, 1.165) is 16.8 Å². The molecule has 6 heteroatoms. The van der Waals surface area contributed by atoms with Gasteiger partial charge in [-0.05, 0) is 30.2 Å². The van der Waals surface area contributed by atoms with Gasteiger partial charge in [0.1, 0.15) is 0 Å². The predicted octanol–water partition coefficient (Wildman–Crippen LogP) is 2.28. The summed E-state index contributed by atoms with van der Waals surface area (Å²) >= 11 is 0. The number of carbonyl (C=O) groups excluding carboxylic acids is 2. The van der Waals surface area contributed by atoms with Crippen molar-refractivity contribution in [2.45, 2.75) is 33.0 Å². The van der Waals surface area contributed by atoms with E-state index < -0.39 is 0 Å². The number of rotatable bonds is 8. The van der Waals surface area contributed by atoms with Crippen molar-refractivity contribution in [1.82, 2.24) is 15.2 Å². The SMILES string of the molecule is CCOCc1ccc(CNC(=O)C2CC(=O)N(Cc3ccccn3)C2)cc1. The Bertz CT molecular complexity index is 762. The van der Waals surface area contributed by atoms with Crippen LogP contribution < -0.4 is 5.32 Å². The molecule has 2 aromatic rings. The molecule has 0 bridgehead atoms. The Morgan fingerprint density at radius 3 is 2.70 bits per heavy atom. The van der Waals surface area contributed by atoms with Crippen LogP contribution in [0, 0.1) is 5.92 Å². The lowest BCUT2D eigenvalue weighted by atomic mass is 10.1. The van der Waals surface area contributed by atoms with E-state index in [1.165, 1.54) is 0 Å². The number of carbonyl (C=O) groups is 2. The Morgan fingerprint density at radius 1 is 1.22 bits per heavy atom. The first-order valence-electron chi connectivity index (χ1n) is 9.26. The summed E-state index contributed by atoms with van der Waals surface area (Å²) in [4.78, 5) is 30.6. The van der Waals surface area contributed by atoms with Crippen LogP contribution in [0.3, 0.4) is 0 Å². The Morgan fingerprint density at radius 2 is 2.00 bits per heavy atom. The summed E-state index contributed by atoms with van der Waals surface area (Å²) in [7, 11) is 0. The average Bonchev–Trinajstić information content (AvgIpc) is 3.06. The van der Waals surface area contributed by atoms with Gasteiger partial charge in [0, 0.05) is 32.3 Å². The molecule has 0 saturated carbocycles. The number of hydrogen-bond acceptors (Lipinski definition) is 4. The minimum Gasteiger partial charge on any atom is -0.377 e. The molecule has 1 aliphatic rings. The van der Waals surface area contributed by atoms with Gasteiger partial charge in [0.2, 0.25) is 11.8 Å². The molecule has 2 amide bonds. The second-order valence-corrected chi connectivity index (χ2v) is 6.67. The van der Waals surface area contributed by atoms with Crippen molar-refractivity contribution in [2.75, 3.05) is 13.2 Å². The molecular weight excluding hydrogens is 342 g/mol. The number of nitrogens with zero attached hydrogens (tertiary/aromatic N) is 2. The van der Waals surface area contributed by atoms with E-state index in [2.05, 4.69) is 10.3 Å². The van der Waals surface area contributed by atoms with Crippen LogP contribution in [-0.4, -0.2) is 34.8 Å². The Balaban J connectivity index is 1.47. The molecule has 0 aliphatic carbocycles. The number of aromatic nitrogens is 1. The molecule has 1 N–H and O–H groups in total. The number of nitrogens with one attached hydrogen (secondary N) is 1. The number of ether oxygens (including phenoxy) is 1. The molecule has 1 atom stereocenters. The van der Waals surface area contributed by atoms with Crippen LogP contribution in [0.1, 0.15) is 30.2 Å². The molecule has 6 nitrogen and oxygen atoms in total. The molecule has 1 aliphatic heterocycles. The highest BCUT2D eigenvalue weighted by Crippen LogP contribution is 2.20. The van der Waals surface area contributed by atoms with Crippen molar-refractivity contribution < 1.29 is 14.3 Å². The van der Waals surface area contributed by atoms with Gasteiger partial charge in [-0.3, -0.25) is 14.6 Å². The molecule has 1 aromatic carbocycles. The zero-order valence-electron chi connectivity index (χ0n) is 15.6. The van der Waals surface area contributed by atoms with E-state index in [4.69, 9.17) is 4.74 Å². The fourth-order valence-corrected chi connectivity index (χ4v) is 3.09. The maximum Gasteiger partial charge on any atom is 0.225 e. The van der Waals surface area contributed by atoms with Crippen molar-refractivity contribution in [1.29, 1.82) is 0 Å². The topological polar surface area (TPSA) is 71.5 Å². The normalized spacial score (nSPS) is 16.6. The van der Waals surface area contributed by atoms with Crippen molar-refractivity contribution in [3.05, 3.63) is 65.5 Å². The largest absolute Gasteiger partial charge is 0.377 e. The number of amides is 2. The van der Waals surface area contributed by atoms with Crippen molar-refractivity contribution in [2.24, 2.45) is 5.92 Å². The third-order valence-electron chi connectivity index (χ3n) is 4.63. The number of benzene rings is 1. The van der Waals surface area contributed by atoms with Crippen LogP contribution in [0.4, 0.5) is 0 Å². The predicted molar refractivity (Wildman–Crippen MR) is 101 cm³/mol. The zero-order chi connectivity index (χ0) is 19.1.